The van der Waals surface area contributed by atoms with Crippen molar-refractivity contribution in [3.8, 4) is 11.5 Å². The number of hydrogen-bond acceptors (Lipinski definition) is 6. The topological polar surface area (TPSA) is 102 Å². The first-order valence-corrected chi connectivity index (χ1v) is 8.93. The highest BCUT2D eigenvalue weighted by molar-refractivity contribution is 6.54. The summed E-state index contributed by atoms with van der Waals surface area (Å²) >= 11 is 11.5. The zero-order valence-corrected chi connectivity index (χ0v) is 15.9. The van der Waals surface area contributed by atoms with Crippen molar-refractivity contribution in [2.45, 2.75) is 31.1 Å². The van der Waals surface area contributed by atoms with E-state index in [1.54, 1.807) is 18.2 Å². The molecule has 0 radical (unpaired) electrons. The van der Waals surface area contributed by atoms with Crippen LogP contribution in [0.25, 0.3) is 11.5 Å². The predicted molar refractivity (Wildman–Crippen MR) is 100 cm³/mol. The van der Waals surface area contributed by atoms with Gasteiger partial charge in [0, 0.05) is 30.9 Å². The first-order chi connectivity index (χ1) is 12.3. The van der Waals surface area contributed by atoms with E-state index in [0.717, 1.165) is 0 Å². The molecule has 0 unspecified atom stereocenters. The van der Waals surface area contributed by atoms with Gasteiger partial charge in [-0.25, -0.2) is 0 Å². The Morgan fingerprint density at radius 2 is 2.00 bits per heavy atom. The quantitative estimate of drug-likeness (QED) is 0.685. The Kier molecular flexibility index (Phi) is 7.14. The van der Waals surface area contributed by atoms with Crippen LogP contribution in [0.3, 0.4) is 0 Å². The van der Waals surface area contributed by atoms with Crippen LogP contribution in [0.15, 0.2) is 35.1 Å². The number of Topliss-reactive ketones (excluding diaryl/α,β-unsaturated/α-hetero) is 1. The lowest BCUT2D eigenvalue weighted by molar-refractivity contribution is -0.121. The number of carbonyl (C=O) groups excluding carboxylic acids is 2. The molecule has 0 saturated carbocycles. The first-order valence-electron chi connectivity index (χ1n) is 8.06. The van der Waals surface area contributed by atoms with Crippen molar-refractivity contribution < 1.29 is 14.1 Å². The van der Waals surface area contributed by atoms with Crippen molar-refractivity contribution in [3.63, 3.8) is 0 Å². The largest absolute Gasteiger partial charge is 0.355 e. The summed E-state index contributed by atoms with van der Waals surface area (Å²) < 4.78 is 5.08. The molecular formula is C17H20Cl2N4O3. The minimum atomic E-state index is -1.26. The molecule has 2 aromatic rings. The number of rotatable bonds is 8. The minimum absolute atomic E-state index is 0.0134. The second kappa shape index (κ2) is 9.12. The van der Waals surface area contributed by atoms with Gasteiger partial charge >= 0.3 is 0 Å². The van der Waals surface area contributed by atoms with Crippen LogP contribution in [0, 0.1) is 5.92 Å². The van der Waals surface area contributed by atoms with Crippen LogP contribution in [0.2, 0.25) is 0 Å². The van der Waals surface area contributed by atoms with Gasteiger partial charge in [0.25, 0.3) is 5.91 Å². The average molecular weight is 399 g/mol. The van der Waals surface area contributed by atoms with Gasteiger partial charge in [-0.05, 0) is 18.1 Å². The Bertz CT molecular complexity index is 750. The van der Waals surface area contributed by atoms with Gasteiger partial charge in [0.2, 0.25) is 0 Å². The van der Waals surface area contributed by atoms with E-state index < -0.39 is 16.8 Å². The normalized spacial score (nSPS) is 12.4. The van der Waals surface area contributed by atoms with Gasteiger partial charge in [0.05, 0.1) is 12.2 Å². The fourth-order valence-corrected chi connectivity index (χ4v) is 2.55. The lowest BCUT2D eigenvalue weighted by atomic mass is 9.99. The smallest absolute Gasteiger partial charge is 0.260 e. The van der Waals surface area contributed by atoms with Crippen LogP contribution in [-0.4, -0.2) is 39.3 Å². The Morgan fingerprint density at radius 1 is 1.27 bits per heavy atom. The zero-order chi connectivity index (χ0) is 19.3. The van der Waals surface area contributed by atoms with Gasteiger partial charge < -0.3 is 15.2 Å². The molecule has 0 aromatic carbocycles. The number of nitrogens with zero attached hydrogens (tertiary/aromatic N) is 3. The summed E-state index contributed by atoms with van der Waals surface area (Å²) in [6.07, 6.45) is 3.10. The van der Waals surface area contributed by atoms with E-state index in [0.29, 0.717) is 17.1 Å². The van der Waals surface area contributed by atoms with E-state index in [1.165, 1.54) is 17.3 Å². The number of carbonyl (C=O) groups is 2. The SMILES string of the molecule is CC(C)[C@H](N)C(=O)CCN(C(=O)C(Cl)Cl)c1ccnc(-c2ccno2)c1. The third-order valence-electron chi connectivity index (χ3n) is 3.87. The van der Waals surface area contributed by atoms with E-state index in [9.17, 15) is 9.59 Å². The summed E-state index contributed by atoms with van der Waals surface area (Å²) in [6.45, 7) is 3.84. The molecule has 2 N–H and O–H groups in total. The van der Waals surface area contributed by atoms with Gasteiger partial charge in [0.1, 0.15) is 5.69 Å². The van der Waals surface area contributed by atoms with Crippen molar-refractivity contribution in [1.29, 1.82) is 0 Å². The Balaban J connectivity index is 2.24. The van der Waals surface area contributed by atoms with E-state index >= 15 is 0 Å². The molecule has 0 fully saturated rings. The zero-order valence-electron chi connectivity index (χ0n) is 14.4. The molecule has 0 aliphatic heterocycles. The molecule has 0 spiro atoms. The van der Waals surface area contributed by atoms with Crippen LogP contribution in [-0.2, 0) is 9.59 Å². The molecule has 140 valence electrons. The number of halogens is 2. The highest BCUT2D eigenvalue weighted by Crippen LogP contribution is 2.24. The second-order valence-corrected chi connectivity index (χ2v) is 7.15. The van der Waals surface area contributed by atoms with Crippen molar-refractivity contribution in [1.82, 2.24) is 10.1 Å². The Morgan fingerprint density at radius 3 is 2.58 bits per heavy atom. The van der Waals surface area contributed by atoms with Crippen LogP contribution in [0.5, 0.6) is 0 Å². The number of amides is 1. The molecule has 0 saturated heterocycles. The molecule has 0 bridgehead atoms. The summed E-state index contributed by atoms with van der Waals surface area (Å²) in [5.74, 6) is -0.207. The van der Waals surface area contributed by atoms with Crippen LogP contribution < -0.4 is 10.6 Å². The molecule has 0 aliphatic carbocycles. The van der Waals surface area contributed by atoms with Gasteiger partial charge in [-0.2, -0.15) is 0 Å². The molecular weight excluding hydrogens is 379 g/mol. The van der Waals surface area contributed by atoms with E-state index in [2.05, 4.69) is 10.1 Å². The third kappa shape index (κ3) is 5.03. The Hall–Kier alpha value is -1.96. The van der Waals surface area contributed by atoms with Crippen molar-refractivity contribution >= 4 is 40.6 Å². The van der Waals surface area contributed by atoms with Crippen LogP contribution >= 0.6 is 23.2 Å². The standard InChI is InChI=1S/C17H20Cl2N4O3/c1-10(2)15(20)13(24)5-8-23(17(25)16(18)19)11-3-6-21-12(9-11)14-4-7-22-26-14/h3-4,6-7,9-10,15-16H,5,8,20H2,1-2H3/t15-/m0/s1. The van der Waals surface area contributed by atoms with E-state index in [4.69, 9.17) is 33.5 Å². The maximum absolute atomic E-state index is 12.4. The Labute approximate surface area is 161 Å². The lowest BCUT2D eigenvalue weighted by Gasteiger charge is -2.24. The minimum Gasteiger partial charge on any atom is -0.355 e. The lowest BCUT2D eigenvalue weighted by Crippen LogP contribution is -2.40. The predicted octanol–water partition coefficient (Wildman–Crippen LogP) is 2.82. The number of anilines is 1. The second-order valence-electron chi connectivity index (χ2n) is 6.05. The molecule has 2 heterocycles. The summed E-state index contributed by atoms with van der Waals surface area (Å²) in [7, 11) is 0. The maximum Gasteiger partial charge on any atom is 0.260 e. The van der Waals surface area contributed by atoms with Crippen molar-refractivity contribution in [3.05, 3.63) is 30.6 Å². The fraction of sp³-hybridized carbons (Fsp3) is 0.412. The van der Waals surface area contributed by atoms with E-state index in [1.807, 2.05) is 13.8 Å². The van der Waals surface area contributed by atoms with Crippen LogP contribution in [0.1, 0.15) is 20.3 Å². The van der Waals surface area contributed by atoms with Gasteiger partial charge in [-0.3, -0.25) is 14.6 Å². The highest BCUT2D eigenvalue weighted by atomic mass is 35.5. The molecule has 0 aliphatic rings. The highest BCUT2D eigenvalue weighted by Gasteiger charge is 2.25. The fourth-order valence-electron chi connectivity index (χ4n) is 2.31. The van der Waals surface area contributed by atoms with Crippen molar-refractivity contribution in [2.24, 2.45) is 11.7 Å². The summed E-state index contributed by atoms with van der Waals surface area (Å²) in [5.41, 5.74) is 6.86. The number of aromatic nitrogens is 2. The van der Waals surface area contributed by atoms with Gasteiger partial charge in [-0.15, -0.1) is 0 Å². The maximum atomic E-state index is 12.4. The number of hydrogen-bond donors (Lipinski definition) is 1. The summed E-state index contributed by atoms with van der Waals surface area (Å²) in [5, 5.41) is 3.64. The molecule has 2 aromatic heterocycles. The number of alkyl halides is 2. The number of ketones is 1. The molecule has 26 heavy (non-hydrogen) atoms. The van der Waals surface area contributed by atoms with Crippen LogP contribution in [0.4, 0.5) is 5.69 Å². The molecule has 2 rings (SSSR count). The van der Waals surface area contributed by atoms with Crippen molar-refractivity contribution in [2.75, 3.05) is 11.4 Å². The van der Waals surface area contributed by atoms with Gasteiger partial charge in [0.15, 0.2) is 16.4 Å². The average Bonchev–Trinajstić information content (AvgIpc) is 3.15. The molecule has 1 amide bonds. The number of pyridine rings is 1. The monoisotopic (exact) mass is 398 g/mol. The summed E-state index contributed by atoms with van der Waals surface area (Å²) in [6, 6.07) is 4.33. The molecule has 1 atom stereocenters. The number of nitrogens with two attached hydrogens (primary N) is 1. The van der Waals surface area contributed by atoms with Gasteiger partial charge in [-0.1, -0.05) is 42.2 Å². The first kappa shape index (κ1) is 20.4. The van der Waals surface area contributed by atoms with E-state index in [-0.39, 0.29) is 24.7 Å². The molecule has 7 nitrogen and oxygen atoms in total. The molecule has 9 heteroatoms. The summed E-state index contributed by atoms with van der Waals surface area (Å²) in [4.78, 5) is 28.9. The third-order valence-corrected chi connectivity index (χ3v) is 4.24.